The number of aromatic carboxylic acids is 1. The maximum atomic E-state index is 12.3. The van der Waals surface area contributed by atoms with Gasteiger partial charge in [0.15, 0.2) is 0 Å². The van der Waals surface area contributed by atoms with Crippen molar-refractivity contribution in [2.75, 3.05) is 6.54 Å². The van der Waals surface area contributed by atoms with Crippen LogP contribution < -0.4 is 5.32 Å². The zero-order valence-electron chi connectivity index (χ0n) is 11.7. The van der Waals surface area contributed by atoms with Gasteiger partial charge < -0.3 is 15.3 Å². The molecule has 1 aromatic rings. The van der Waals surface area contributed by atoms with Crippen molar-refractivity contribution < 1.29 is 14.7 Å². The molecule has 1 aliphatic carbocycles. The second-order valence-electron chi connectivity index (χ2n) is 5.51. The number of carbonyl (C=O) groups excluding carboxylic acids is 1. The third kappa shape index (κ3) is 2.77. The number of hydrogen-bond donors (Lipinski definition) is 2. The number of fused-ring (bicyclic) bond motifs is 1. The Kier molecular flexibility index (Phi) is 3.64. The van der Waals surface area contributed by atoms with E-state index >= 15 is 0 Å². The molecule has 110 valence electrons. The predicted octanol–water partition coefficient (Wildman–Crippen LogP) is 2.17. The van der Waals surface area contributed by atoms with Gasteiger partial charge in [-0.3, -0.25) is 0 Å². The van der Waals surface area contributed by atoms with Crippen LogP contribution in [0.15, 0.2) is 30.4 Å². The summed E-state index contributed by atoms with van der Waals surface area (Å²) in [6, 6.07) is 5.41. The highest BCUT2D eigenvalue weighted by molar-refractivity contribution is 5.90. The minimum atomic E-state index is -0.901. The molecule has 2 N–H and O–H groups in total. The summed E-state index contributed by atoms with van der Waals surface area (Å²) in [5, 5.41) is 12.2. The Morgan fingerprint density at radius 1 is 1.24 bits per heavy atom. The molecule has 0 saturated heterocycles. The van der Waals surface area contributed by atoms with Crippen LogP contribution in [0.4, 0.5) is 4.79 Å². The lowest BCUT2D eigenvalue weighted by atomic mass is 9.94. The molecule has 1 aromatic carbocycles. The second-order valence-corrected chi connectivity index (χ2v) is 5.51. The molecule has 1 heterocycles. The maximum Gasteiger partial charge on any atom is 0.335 e. The molecule has 0 unspecified atom stereocenters. The first-order valence-corrected chi connectivity index (χ1v) is 7.19. The van der Waals surface area contributed by atoms with Gasteiger partial charge in [0.1, 0.15) is 0 Å². The summed E-state index contributed by atoms with van der Waals surface area (Å²) in [7, 11) is 0. The predicted molar refractivity (Wildman–Crippen MR) is 78.2 cm³/mol. The lowest BCUT2D eigenvalue weighted by Gasteiger charge is -2.30. The summed E-state index contributed by atoms with van der Waals surface area (Å²) in [6.45, 7) is 1.03. The molecule has 0 aromatic heterocycles. The van der Waals surface area contributed by atoms with E-state index < -0.39 is 5.97 Å². The Morgan fingerprint density at radius 2 is 2.00 bits per heavy atom. The Morgan fingerprint density at radius 3 is 2.71 bits per heavy atom. The SMILES string of the molecule is O=C(O)c1cccc2c1CCN(C(=O)NC1CC=CC1)C2. The van der Waals surface area contributed by atoms with Gasteiger partial charge in [-0.2, -0.15) is 0 Å². The highest BCUT2D eigenvalue weighted by atomic mass is 16.4. The quantitative estimate of drug-likeness (QED) is 0.819. The van der Waals surface area contributed by atoms with E-state index in [4.69, 9.17) is 0 Å². The number of rotatable bonds is 2. The van der Waals surface area contributed by atoms with Gasteiger partial charge in [-0.15, -0.1) is 0 Å². The molecule has 0 bridgehead atoms. The number of nitrogens with zero attached hydrogens (tertiary/aromatic N) is 1. The van der Waals surface area contributed by atoms with Gasteiger partial charge >= 0.3 is 12.0 Å². The van der Waals surface area contributed by atoms with E-state index in [0.29, 0.717) is 25.1 Å². The molecule has 0 spiro atoms. The maximum absolute atomic E-state index is 12.3. The van der Waals surface area contributed by atoms with Crippen molar-refractivity contribution in [3.63, 3.8) is 0 Å². The molecule has 3 rings (SSSR count). The molecule has 5 nitrogen and oxygen atoms in total. The lowest BCUT2D eigenvalue weighted by Crippen LogP contribution is -2.46. The van der Waals surface area contributed by atoms with Gasteiger partial charge in [0.05, 0.1) is 5.56 Å². The van der Waals surface area contributed by atoms with E-state index in [1.165, 1.54) is 0 Å². The van der Waals surface area contributed by atoms with Crippen molar-refractivity contribution in [3.05, 3.63) is 47.0 Å². The Hall–Kier alpha value is -2.30. The molecule has 0 atom stereocenters. The van der Waals surface area contributed by atoms with Crippen molar-refractivity contribution >= 4 is 12.0 Å². The molecule has 0 saturated carbocycles. The van der Waals surface area contributed by atoms with Gasteiger partial charge in [-0.1, -0.05) is 24.3 Å². The number of urea groups is 1. The van der Waals surface area contributed by atoms with Crippen molar-refractivity contribution in [2.24, 2.45) is 0 Å². The van der Waals surface area contributed by atoms with Crippen molar-refractivity contribution in [3.8, 4) is 0 Å². The topological polar surface area (TPSA) is 69.6 Å². The third-order valence-electron chi connectivity index (χ3n) is 4.12. The first-order chi connectivity index (χ1) is 10.1. The molecular formula is C16H18N2O3. The molecule has 1 aliphatic heterocycles. The Balaban J connectivity index is 1.71. The Labute approximate surface area is 123 Å². The van der Waals surface area contributed by atoms with Crippen LogP contribution in [0.25, 0.3) is 0 Å². The first kappa shape index (κ1) is 13.7. The summed E-state index contributed by atoms with van der Waals surface area (Å²) < 4.78 is 0. The van der Waals surface area contributed by atoms with Gasteiger partial charge in [-0.05, 0) is 36.5 Å². The number of amides is 2. The van der Waals surface area contributed by atoms with E-state index in [-0.39, 0.29) is 12.1 Å². The lowest BCUT2D eigenvalue weighted by molar-refractivity contribution is 0.0695. The van der Waals surface area contributed by atoms with Gasteiger partial charge in [0.2, 0.25) is 0 Å². The first-order valence-electron chi connectivity index (χ1n) is 7.19. The van der Waals surface area contributed by atoms with Crippen LogP contribution in [0.3, 0.4) is 0 Å². The van der Waals surface area contributed by atoms with E-state index in [9.17, 15) is 14.7 Å². The van der Waals surface area contributed by atoms with E-state index in [1.54, 1.807) is 17.0 Å². The molecule has 21 heavy (non-hydrogen) atoms. The fourth-order valence-electron chi connectivity index (χ4n) is 2.98. The summed E-state index contributed by atoms with van der Waals surface area (Å²) in [5.41, 5.74) is 2.14. The van der Waals surface area contributed by atoms with Crippen molar-refractivity contribution in [2.45, 2.75) is 31.8 Å². The summed E-state index contributed by atoms with van der Waals surface area (Å²) in [4.78, 5) is 25.2. The van der Waals surface area contributed by atoms with Gasteiger partial charge in [-0.25, -0.2) is 9.59 Å². The minimum absolute atomic E-state index is 0.0601. The van der Waals surface area contributed by atoms with E-state index in [0.717, 1.165) is 24.0 Å². The highest BCUT2D eigenvalue weighted by Gasteiger charge is 2.25. The van der Waals surface area contributed by atoms with Crippen LogP contribution in [0.1, 0.15) is 34.3 Å². The van der Waals surface area contributed by atoms with Gasteiger partial charge in [0.25, 0.3) is 0 Å². The van der Waals surface area contributed by atoms with Crippen LogP contribution in [-0.2, 0) is 13.0 Å². The van der Waals surface area contributed by atoms with Crippen LogP contribution in [0.5, 0.6) is 0 Å². The van der Waals surface area contributed by atoms with Crippen molar-refractivity contribution in [1.82, 2.24) is 10.2 Å². The number of carboxylic acid groups (broad SMARTS) is 1. The van der Waals surface area contributed by atoms with Crippen LogP contribution in [0, 0.1) is 0 Å². The van der Waals surface area contributed by atoms with Crippen molar-refractivity contribution in [1.29, 1.82) is 0 Å². The monoisotopic (exact) mass is 286 g/mol. The van der Waals surface area contributed by atoms with Crippen LogP contribution in [-0.4, -0.2) is 34.6 Å². The van der Waals surface area contributed by atoms with E-state index in [1.807, 2.05) is 6.07 Å². The number of benzene rings is 1. The second kappa shape index (κ2) is 5.60. The van der Waals surface area contributed by atoms with E-state index in [2.05, 4.69) is 17.5 Å². The third-order valence-corrected chi connectivity index (χ3v) is 4.12. The zero-order chi connectivity index (χ0) is 14.8. The molecular weight excluding hydrogens is 268 g/mol. The molecule has 2 aliphatic rings. The van der Waals surface area contributed by atoms with Crippen LogP contribution in [0.2, 0.25) is 0 Å². The molecule has 0 radical (unpaired) electrons. The fourth-order valence-corrected chi connectivity index (χ4v) is 2.98. The average Bonchev–Trinajstić information content (AvgIpc) is 2.98. The summed E-state index contributed by atoms with van der Waals surface area (Å²) >= 11 is 0. The molecule has 2 amide bonds. The van der Waals surface area contributed by atoms with Crippen LogP contribution >= 0.6 is 0 Å². The fraction of sp³-hybridized carbons (Fsp3) is 0.375. The molecule has 5 heteroatoms. The standard InChI is InChI=1S/C16H18N2O3/c19-15(20)14-7-3-4-11-10-18(9-8-13(11)14)16(21)17-12-5-1-2-6-12/h1-4,7,12H,5-6,8-10H2,(H,17,21)(H,19,20). The largest absolute Gasteiger partial charge is 0.478 e. The van der Waals surface area contributed by atoms with Gasteiger partial charge in [0, 0.05) is 19.1 Å². The Bertz CT molecular complexity index is 602. The highest BCUT2D eigenvalue weighted by Crippen LogP contribution is 2.23. The normalized spacial score (nSPS) is 17.6. The number of carboxylic acids is 1. The summed E-state index contributed by atoms with van der Waals surface area (Å²) in [6.07, 6.45) is 6.53. The minimum Gasteiger partial charge on any atom is -0.478 e. The smallest absolute Gasteiger partial charge is 0.335 e. The zero-order valence-corrected chi connectivity index (χ0v) is 11.7. The number of nitrogens with one attached hydrogen (secondary N) is 1. The summed E-state index contributed by atoms with van der Waals surface area (Å²) in [5.74, 6) is -0.901. The molecule has 0 fully saturated rings. The number of carbonyl (C=O) groups is 2. The average molecular weight is 286 g/mol. The number of hydrogen-bond acceptors (Lipinski definition) is 2.